The second kappa shape index (κ2) is 5.36. The smallest absolute Gasteiger partial charge is 0.257 e. The van der Waals surface area contributed by atoms with Gasteiger partial charge in [0.25, 0.3) is 5.91 Å². The standard InChI is InChI=1S/C17H21ClN2O3/c1-2-20-15(21)13-9-12(18)3-4-14(13)19-17(20)6-8-23-16(10-17)5-7-22-11-16/h3-4,9,19H,2,5-8,10-11H2,1H3. The minimum absolute atomic E-state index is 0.0414. The summed E-state index contributed by atoms with van der Waals surface area (Å²) in [6, 6.07) is 5.47. The van der Waals surface area contributed by atoms with Crippen molar-refractivity contribution in [1.82, 2.24) is 4.90 Å². The zero-order chi connectivity index (χ0) is 16.1. The summed E-state index contributed by atoms with van der Waals surface area (Å²) in [4.78, 5) is 15.0. The van der Waals surface area contributed by atoms with E-state index in [1.807, 2.05) is 24.0 Å². The Morgan fingerprint density at radius 1 is 1.35 bits per heavy atom. The van der Waals surface area contributed by atoms with Gasteiger partial charge in [0.05, 0.1) is 24.4 Å². The van der Waals surface area contributed by atoms with Gasteiger partial charge in [0.15, 0.2) is 0 Å². The highest BCUT2D eigenvalue weighted by molar-refractivity contribution is 6.31. The van der Waals surface area contributed by atoms with Crippen molar-refractivity contribution in [2.45, 2.75) is 37.5 Å². The molecule has 2 unspecified atom stereocenters. The molecule has 0 bridgehead atoms. The Kier molecular flexibility index (Phi) is 3.55. The number of amides is 1. The van der Waals surface area contributed by atoms with E-state index in [1.165, 1.54) is 0 Å². The van der Waals surface area contributed by atoms with Gasteiger partial charge in [0.2, 0.25) is 0 Å². The molecule has 0 saturated carbocycles. The average molecular weight is 337 g/mol. The molecule has 1 aromatic carbocycles. The van der Waals surface area contributed by atoms with Crippen LogP contribution in [0.2, 0.25) is 5.02 Å². The maximum Gasteiger partial charge on any atom is 0.257 e. The molecule has 4 rings (SSSR count). The molecule has 1 N–H and O–H groups in total. The molecular weight excluding hydrogens is 316 g/mol. The lowest BCUT2D eigenvalue weighted by Crippen LogP contribution is -2.66. The van der Waals surface area contributed by atoms with Crippen molar-refractivity contribution in [1.29, 1.82) is 0 Å². The Balaban J connectivity index is 1.75. The molecule has 1 aromatic rings. The number of nitrogens with one attached hydrogen (secondary N) is 1. The molecule has 2 fully saturated rings. The van der Waals surface area contributed by atoms with E-state index in [-0.39, 0.29) is 11.5 Å². The Morgan fingerprint density at radius 2 is 2.22 bits per heavy atom. The molecule has 1 amide bonds. The topological polar surface area (TPSA) is 50.8 Å². The quantitative estimate of drug-likeness (QED) is 0.856. The molecule has 6 heteroatoms. The van der Waals surface area contributed by atoms with Crippen LogP contribution in [0.3, 0.4) is 0 Å². The molecule has 3 heterocycles. The van der Waals surface area contributed by atoms with Gasteiger partial charge in [-0.15, -0.1) is 0 Å². The van der Waals surface area contributed by atoms with E-state index >= 15 is 0 Å². The van der Waals surface area contributed by atoms with Crippen molar-refractivity contribution in [2.75, 3.05) is 31.7 Å². The highest BCUT2D eigenvalue weighted by Gasteiger charge is 2.53. The third-order valence-electron chi connectivity index (χ3n) is 5.26. The SMILES string of the molecule is CCN1C(=O)c2cc(Cl)ccc2NC12CCOC1(CCOC1)C2. The number of rotatable bonds is 1. The van der Waals surface area contributed by atoms with Gasteiger partial charge in [-0.3, -0.25) is 4.79 Å². The van der Waals surface area contributed by atoms with Gasteiger partial charge in [-0.05, 0) is 25.1 Å². The van der Waals surface area contributed by atoms with Crippen LogP contribution in [0.5, 0.6) is 0 Å². The number of hydrogen-bond donors (Lipinski definition) is 1. The lowest BCUT2D eigenvalue weighted by molar-refractivity contribution is -0.124. The van der Waals surface area contributed by atoms with E-state index in [9.17, 15) is 4.79 Å². The summed E-state index contributed by atoms with van der Waals surface area (Å²) in [6.45, 7) is 4.62. The number of benzene rings is 1. The van der Waals surface area contributed by atoms with Crippen LogP contribution in [-0.4, -0.2) is 48.4 Å². The molecule has 2 saturated heterocycles. The number of halogens is 1. The van der Waals surface area contributed by atoms with E-state index in [2.05, 4.69) is 5.32 Å². The zero-order valence-corrected chi connectivity index (χ0v) is 14.0. The normalized spacial score (nSPS) is 33.1. The summed E-state index contributed by atoms with van der Waals surface area (Å²) < 4.78 is 11.6. The highest BCUT2D eigenvalue weighted by atomic mass is 35.5. The average Bonchev–Trinajstić information content (AvgIpc) is 2.96. The third-order valence-corrected chi connectivity index (χ3v) is 5.50. The molecule has 0 aromatic heterocycles. The lowest BCUT2D eigenvalue weighted by Gasteiger charge is -2.54. The molecule has 2 spiro atoms. The van der Waals surface area contributed by atoms with E-state index < -0.39 is 5.66 Å². The highest BCUT2D eigenvalue weighted by Crippen LogP contribution is 2.45. The third kappa shape index (κ3) is 2.33. The van der Waals surface area contributed by atoms with Crippen LogP contribution < -0.4 is 5.32 Å². The van der Waals surface area contributed by atoms with E-state index in [0.29, 0.717) is 30.3 Å². The van der Waals surface area contributed by atoms with Gasteiger partial charge < -0.3 is 19.7 Å². The minimum Gasteiger partial charge on any atom is -0.378 e. The minimum atomic E-state index is -0.404. The van der Waals surface area contributed by atoms with Crippen molar-refractivity contribution < 1.29 is 14.3 Å². The van der Waals surface area contributed by atoms with Crippen molar-refractivity contribution in [2.24, 2.45) is 0 Å². The Bertz CT molecular complexity index is 645. The van der Waals surface area contributed by atoms with Crippen LogP contribution >= 0.6 is 11.6 Å². The molecule has 3 aliphatic rings. The number of hydrogen-bond acceptors (Lipinski definition) is 4. The van der Waals surface area contributed by atoms with Crippen molar-refractivity contribution in [3.05, 3.63) is 28.8 Å². The zero-order valence-electron chi connectivity index (χ0n) is 13.2. The predicted molar refractivity (Wildman–Crippen MR) is 87.9 cm³/mol. The first-order chi connectivity index (χ1) is 11.1. The van der Waals surface area contributed by atoms with Gasteiger partial charge >= 0.3 is 0 Å². The van der Waals surface area contributed by atoms with Gasteiger partial charge in [-0.1, -0.05) is 11.6 Å². The van der Waals surface area contributed by atoms with Crippen LogP contribution in [0.25, 0.3) is 0 Å². The molecule has 5 nitrogen and oxygen atoms in total. The van der Waals surface area contributed by atoms with Gasteiger partial charge in [-0.2, -0.15) is 0 Å². The second-order valence-electron chi connectivity index (χ2n) is 6.66. The van der Waals surface area contributed by atoms with Crippen LogP contribution in [0, 0.1) is 0 Å². The number of carbonyl (C=O) groups is 1. The van der Waals surface area contributed by atoms with Gasteiger partial charge in [-0.25, -0.2) is 0 Å². The van der Waals surface area contributed by atoms with E-state index in [4.69, 9.17) is 21.1 Å². The first-order valence-corrected chi connectivity index (χ1v) is 8.57. The van der Waals surface area contributed by atoms with E-state index in [1.54, 1.807) is 6.07 Å². The first-order valence-electron chi connectivity index (χ1n) is 8.19. The number of carbonyl (C=O) groups excluding carboxylic acids is 1. The summed E-state index contributed by atoms with van der Waals surface area (Å²) in [6.07, 6.45) is 2.41. The van der Waals surface area contributed by atoms with Crippen LogP contribution in [0.4, 0.5) is 5.69 Å². The molecular formula is C17H21ClN2O3. The Labute approximate surface area is 140 Å². The summed E-state index contributed by atoms with van der Waals surface area (Å²) in [5, 5.41) is 4.22. The molecule has 3 aliphatic heterocycles. The molecule has 23 heavy (non-hydrogen) atoms. The van der Waals surface area contributed by atoms with Gasteiger partial charge in [0.1, 0.15) is 5.66 Å². The number of fused-ring (bicyclic) bond motifs is 1. The van der Waals surface area contributed by atoms with Gasteiger partial charge in [0, 0.05) is 43.1 Å². The summed E-state index contributed by atoms with van der Waals surface area (Å²) >= 11 is 6.07. The number of anilines is 1. The monoisotopic (exact) mass is 336 g/mol. The summed E-state index contributed by atoms with van der Waals surface area (Å²) in [7, 11) is 0. The van der Waals surface area contributed by atoms with Crippen LogP contribution in [-0.2, 0) is 9.47 Å². The molecule has 0 radical (unpaired) electrons. The molecule has 124 valence electrons. The predicted octanol–water partition coefficient (Wildman–Crippen LogP) is 2.89. The number of ether oxygens (including phenoxy) is 2. The summed E-state index contributed by atoms with van der Waals surface area (Å²) in [5.74, 6) is 0.0414. The first kappa shape index (κ1) is 15.2. The van der Waals surface area contributed by atoms with Crippen LogP contribution in [0.1, 0.15) is 36.5 Å². The Hall–Kier alpha value is -1.30. The largest absolute Gasteiger partial charge is 0.378 e. The fraction of sp³-hybridized carbons (Fsp3) is 0.588. The van der Waals surface area contributed by atoms with Crippen molar-refractivity contribution >= 4 is 23.2 Å². The number of nitrogens with zero attached hydrogens (tertiary/aromatic N) is 1. The van der Waals surface area contributed by atoms with Crippen molar-refractivity contribution in [3.63, 3.8) is 0 Å². The molecule has 2 atom stereocenters. The Morgan fingerprint density at radius 3 is 2.96 bits per heavy atom. The maximum atomic E-state index is 13.0. The van der Waals surface area contributed by atoms with Crippen molar-refractivity contribution in [3.8, 4) is 0 Å². The second-order valence-corrected chi connectivity index (χ2v) is 7.09. The fourth-order valence-electron chi connectivity index (χ4n) is 4.19. The maximum absolute atomic E-state index is 13.0. The summed E-state index contributed by atoms with van der Waals surface area (Å²) in [5.41, 5.74) is 0.829. The van der Waals surface area contributed by atoms with E-state index in [0.717, 1.165) is 31.6 Å². The van der Waals surface area contributed by atoms with Crippen LogP contribution in [0.15, 0.2) is 18.2 Å². The molecule has 0 aliphatic carbocycles. The fourth-order valence-corrected chi connectivity index (χ4v) is 4.37. The lowest BCUT2D eigenvalue weighted by atomic mass is 9.81.